The van der Waals surface area contributed by atoms with Crippen LogP contribution in [0.4, 0.5) is 0 Å². The Balaban J connectivity index is 0.000000221. The Bertz CT molecular complexity index is 1820. The molecule has 5 aromatic carbocycles. The van der Waals surface area contributed by atoms with E-state index < -0.39 is 0 Å². The Hall–Kier alpha value is -3.34. The zero-order chi connectivity index (χ0) is 34.9. The van der Waals surface area contributed by atoms with Crippen molar-refractivity contribution in [3.05, 3.63) is 157 Å². The quantitative estimate of drug-likeness (QED) is 0.169. The molecule has 2 N–H and O–H groups in total. The van der Waals surface area contributed by atoms with Gasteiger partial charge in [-0.05, 0) is 125 Å². The topological polar surface area (TPSA) is 136 Å². The summed E-state index contributed by atoms with van der Waals surface area (Å²) in [6, 6.07) is 39.3. The molecule has 0 atom stereocenters. The molecule has 5 rings (SSSR count). The molecule has 0 saturated heterocycles. The lowest BCUT2D eigenvalue weighted by Gasteiger charge is -2.08. The summed E-state index contributed by atoms with van der Waals surface area (Å²) in [6.45, 7) is 0. The van der Waals surface area contributed by atoms with E-state index in [1.54, 1.807) is 42.5 Å². The first kappa shape index (κ1) is 39.8. The first-order valence-corrected chi connectivity index (χ1v) is 17.5. The van der Waals surface area contributed by atoms with Crippen molar-refractivity contribution < 1.29 is 10.2 Å². The molecule has 47 heavy (non-hydrogen) atoms. The van der Waals surface area contributed by atoms with Gasteiger partial charge in [0.2, 0.25) is 0 Å². The minimum Gasteiger partial charge on any atom is -0.506 e. The van der Waals surface area contributed by atoms with Crippen LogP contribution in [0.3, 0.4) is 0 Å². The largest absolute Gasteiger partial charge is 0.506 e. The first-order valence-electron chi connectivity index (χ1n) is 13.0. The molecular weight excluding hydrogens is 993 g/mol. The highest BCUT2D eigenvalue weighted by Gasteiger charge is 2.11. The van der Waals surface area contributed by atoms with Crippen molar-refractivity contribution in [2.24, 2.45) is 0 Å². The second-order valence-corrected chi connectivity index (χ2v) is 13.7. The molecule has 0 fully saturated rings. The van der Waals surface area contributed by atoms with Crippen LogP contribution in [0.5, 0.6) is 11.5 Å². The standard InChI is InChI=1S/C14H11N.C7H3Br2NO.C7H3Cl2N.C7H3I2NO/c15-11-14(12-7-3-1-4-8-12)13-9-5-2-6-10-13;8-5-1-4(3-10)2-6(9)7(5)11;8-6-2-1-3-7(9)5(6)4-10;8-5-1-4(3-10)2-6(9)7(5)11/h1-10,14H;1-2,11H;1-3H;1-2,11H. The van der Waals surface area contributed by atoms with Gasteiger partial charge in [-0.25, -0.2) is 0 Å². The number of aromatic hydroxyl groups is 2. The van der Waals surface area contributed by atoms with E-state index in [0.717, 1.165) is 11.1 Å². The van der Waals surface area contributed by atoms with Crippen molar-refractivity contribution in [3.63, 3.8) is 0 Å². The molecule has 0 aromatic heterocycles. The minimum absolute atomic E-state index is 0.115. The highest BCUT2D eigenvalue weighted by Crippen LogP contribution is 2.33. The average Bonchev–Trinajstić information content (AvgIpc) is 3.08. The Labute approximate surface area is 327 Å². The summed E-state index contributed by atoms with van der Waals surface area (Å²) in [5, 5.41) is 54.0. The highest BCUT2D eigenvalue weighted by molar-refractivity contribution is 14.1. The molecule has 0 aliphatic heterocycles. The van der Waals surface area contributed by atoms with Gasteiger partial charge in [-0.3, -0.25) is 0 Å². The lowest BCUT2D eigenvalue weighted by Crippen LogP contribution is -1.96. The summed E-state index contributed by atoms with van der Waals surface area (Å²) in [4.78, 5) is 0. The number of hydrogen-bond donors (Lipinski definition) is 2. The Morgan fingerprint density at radius 3 is 1.32 bits per heavy atom. The molecule has 12 heteroatoms. The van der Waals surface area contributed by atoms with Crippen molar-refractivity contribution in [1.29, 1.82) is 21.0 Å². The van der Waals surface area contributed by atoms with Gasteiger partial charge in [0.1, 0.15) is 17.6 Å². The zero-order valence-corrected chi connectivity index (χ0v) is 32.8. The van der Waals surface area contributed by atoms with Crippen LogP contribution in [0.25, 0.3) is 0 Å². The van der Waals surface area contributed by atoms with Crippen molar-refractivity contribution in [2.75, 3.05) is 0 Å². The molecule has 0 saturated carbocycles. The maximum Gasteiger partial charge on any atom is 0.144 e. The van der Waals surface area contributed by atoms with Crippen LogP contribution in [0.15, 0.2) is 112 Å². The van der Waals surface area contributed by atoms with Crippen LogP contribution in [-0.2, 0) is 0 Å². The number of nitrogens with zero attached hydrogens (tertiary/aromatic N) is 4. The number of nitriles is 4. The summed E-state index contributed by atoms with van der Waals surface area (Å²) in [7, 11) is 0. The van der Waals surface area contributed by atoms with Gasteiger partial charge in [-0.15, -0.1) is 0 Å². The fraction of sp³-hybridized carbons (Fsp3) is 0.0286. The van der Waals surface area contributed by atoms with E-state index in [1.807, 2.05) is 124 Å². The van der Waals surface area contributed by atoms with E-state index in [0.29, 0.717) is 42.8 Å². The zero-order valence-electron chi connectivity index (χ0n) is 23.8. The molecule has 234 valence electrons. The van der Waals surface area contributed by atoms with Gasteiger partial charge in [0, 0.05) is 0 Å². The molecule has 0 radical (unpaired) electrons. The van der Waals surface area contributed by atoms with E-state index in [2.05, 4.69) is 37.9 Å². The lowest BCUT2D eigenvalue weighted by molar-refractivity contribution is 0.467. The molecule has 0 spiro atoms. The minimum atomic E-state index is -0.160. The third-order valence-corrected chi connectivity index (χ3v) is 9.25. The molecule has 0 bridgehead atoms. The van der Waals surface area contributed by atoms with E-state index in [1.165, 1.54) is 0 Å². The normalized spacial score (nSPS) is 9.34. The molecule has 0 unspecified atom stereocenters. The Morgan fingerprint density at radius 1 is 0.574 bits per heavy atom. The monoisotopic (exact) mass is 1010 g/mol. The number of hydrogen-bond acceptors (Lipinski definition) is 6. The van der Waals surface area contributed by atoms with Crippen LogP contribution in [-0.4, -0.2) is 10.2 Å². The van der Waals surface area contributed by atoms with Crippen LogP contribution in [0.2, 0.25) is 10.0 Å². The van der Waals surface area contributed by atoms with E-state index in [-0.39, 0.29) is 17.4 Å². The van der Waals surface area contributed by atoms with Crippen LogP contribution < -0.4 is 0 Å². The molecule has 0 aliphatic rings. The van der Waals surface area contributed by atoms with E-state index >= 15 is 0 Å². The van der Waals surface area contributed by atoms with Crippen LogP contribution >= 0.6 is 100 Å². The first-order chi connectivity index (χ1) is 22.5. The molecule has 0 aliphatic carbocycles. The van der Waals surface area contributed by atoms with Crippen LogP contribution in [0.1, 0.15) is 33.7 Å². The highest BCUT2D eigenvalue weighted by atomic mass is 127. The Kier molecular flexibility index (Phi) is 17.6. The van der Waals surface area contributed by atoms with Crippen molar-refractivity contribution >= 4 is 100 Å². The summed E-state index contributed by atoms with van der Waals surface area (Å²) in [5.41, 5.74) is 3.52. The summed E-state index contributed by atoms with van der Waals surface area (Å²) < 4.78 is 2.46. The van der Waals surface area contributed by atoms with Gasteiger partial charge < -0.3 is 10.2 Å². The van der Waals surface area contributed by atoms with Gasteiger partial charge in [0.15, 0.2) is 0 Å². The Morgan fingerprint density at radius 2 is 0.979 bits per heavy atom. The number of benzene rings is 5. The number of phenols is 2. The van der Waals surface area contributed by atoms with Crippen molar-refractivity contribution in [1.82, 2.24) is 0 Å². The van der Waals surface area contributed by atoms with Gasteiger partial charge in [0.05, 0.1) is 66.9 Å². The lowest BCUT2D eigenvalue weighted by atomic mass is 9.93. The van der Waals surface area contributed by atoms with Gasteiger partial charge in [-0.2, -0.15) is 21.0 Å². The fourth-order valence-electron chi connectivity index (χ4n) is 3.50. The maximum atomic E-state index is 9.30. The maximum absolute atomic E-state index is 9.30. The number of halogens is 6. The van der Waals surface area contributed by atoms with E-state index in [4.69, 9.17) is 39.0 Å². The SMILES string of the molecule is N#CC(c1ccccc1)c1ccccc1.N#Cc1c(Cl)cccc1Cl.N#Cc1cc(Br)c(O)c(Br)c1.N#Cc1cc(I)c(O)c(I)c1. The fourth-order valence-corrected chi connectivity index (χ4v) is 6.93. The second kappa shape index (κ2) is 20.8. The van der Waals surface area contributed by atoms with Crippen LogP contribution in [0, 0.1) is 52.5 Å². The number of rotatable bonds is 2. The van der Waals surface area contributed by atoms with Gasteiger partial charge in [-0.1, -0.05) is 89.9 Å². The van der Waals surface area contributed by atoms with Crippen molar-refractivity contribution in [2.45, 2.75) is 5.92 Å². The predicted molar refractivity (Wildman–Crippen MR) is 208 cm³/mol. The third kappa shape index (κ3) is 12.7. The van der Waals surface area contributed by atoms with Crippen molar-refractivity contribution in [3.8, 4) is 35.8 Å². The summed E-state index contributed by atoms with van der Waals surface area (Å²) in [5.74, 6) is 0.210. The summed E-state index contributed by atoms with van der Waals surface area (Å²) >= 11 is 21.4. The average molecular weight is 1010 g/mol. The molecular formula is C35H20Br2Cl2I2N4O2. The second-order valence-electron chi connectivity index (χ2n) is 8.89. The van der Waals surface area contributed by atoms with Gasteiger partial charge in [0.25, 0.3) is 0 Å². The molecule has 0 heterocycles. The molecule has 6 nitrogen and oxygen atoms in total. The molecule has 5 aromatic rings. The summed E-state index contributed by atoms with van der Waals surface area (Å²) in [6.07, 6.45) is 0. The smallest absolute Gasteiger partial charge is 0.144 e. The predicted octanol–water partition coefficient (Wildman–Crippen LogP) is 11.5. The van der Waals surface area contributed by atoms with E-state index in [9.17, 15) is 15.5 Å². The number of phenolic OH excluding ortho intramolecular Hbond substituents is 2. The van der Waals surface area contributed by atoms with Gasteiger partial charge >= 0.3 is 0 Å². The third-order valence-electron chi connectivity index (χ3n) is 5.76. The molecule has 0 amide bonds.